The van der Waals surface area contributed by atoms with E-state index in [1.807, 2.05) is 20.0 Å². The van der Waals surface area contributed by atoms with Crippen molar-refractivity contribution in [2.24, 2.45) is 7.05 Å². The number of aryl methyl sites for hydroxylation is 2. The van der Waals surface area contributed by atoms with Gasteiger partial charge in [0.1, 0.15) is 11.6 Å². The topological polar surface area (TPSA) is 60.2 Å². The Kier molecular flexibility index (Phi) is 6.16. The number of ether oxygens (including phenoxy) is 1. The van der Waals surface area contributed by atoms with Crippen LogP contribution >= 0.6 is 0 Å². The molecular weight excluding hydrogens is 359 g/mol. The maximum Gasteiger partial charge on any atom is 0.254 e. The first-order valence-electron chi connectivity index (χ1n) is 8.99. The molecule has 0 bridgehead atoms. The summed E-state index contributed by atoms with van der Waals surface area (Å²) in [4.78, 5) is 19.1. The summed E-state index contributed by atoms with van der Waals surface area (Å²) in [6.45, 7) is 2.75. The van der Waals surface area contributed by atoms with Crippen LogP contribution in [0.15, 0.2) is 48.5 Å². The second kappa shape index (κ2) is 8.75. The fraction of sp³-hybridized carbons (Fsp3) is 0.286. The zero-order chi connectivity index (χ0) is 20.1. The van der Waals surface area contributed by atoms with Crippen LogP contribution in [0.25, 0.3) is 11.4 Å². The Labute approximate surface area is 163 Å². The van der Waals surface area contributed by atoms with Gasteiger partial charge in [-0.1, -0.05) is 30.3 Å². The number of amides is 1. The van der Waals surface area contributed by atoms with Crippen LogP contribution in [0.3, 0.4) is 0 Å². The molecule has 1 aromatic heterocycles. The number of rotatable bonds is 7. The maximum atomic E-state index is 14.1. The minimum absolute atomic E-state index is 0.167. The molecule has 0 saturated heterocycles. The van der Waals surface area contributed by atoms with E-state index >= 15 is 0 Å². The molecule has 1 amide bonds. The number of halogens is 1. The summed E-state index contributed by atoms with van der Waals surface area (Å²) in [6, 6.07) is 13.6. The van der Waals surface area contributed by atoms with Crippen molar-refractivity contribution < 1.29 is 13.9 Å². The average molecular weight is 382 g/mol. The van der Waals surface area contributed by atoms with E-state index in [9.17, 15) is 9.18 Å². The third-order valence-corrected chi connectivity index (χ3v) is 4.52. The van der Waals surface area contributed by atoms with Crippen LogP contribution in [0.2, 0.25) is 0 Å². The standard InChI is InChI=1S/C21H23FN4O2/c1-15-23-20(24-25(15)2)16-8-6-9-17(13-16)21(27)26(11-12-28-3)14-18-7-4-5-10-19(18)22/h4-10,13H,11-12,14H2,1-3H3. The smallest absolute Gasteiger partial charge is 0.254 e. The van der Waals surface area contributed by atoms with Gasteiger partial charge in [0.05, 0.1) is 6.61 Å². The van der Waals surface area contributed by atoms with Crippen LogP contribution in [0, 0.1) is 12.7 Å². The van der Waals surface area contributed by atoms with Crippen molar-refractivity contribution in [1.82, 2.24) is 19.7 Å². The van der Waals surface area contributed by atoms with E-state index in [-0.39, 0.29) is 18.3 Å². The van der Waals surface area contributed by atoms with Gasteiger partial charge in [0.25, 0.3) is 5.91 Å². The Morgan fingerprint density at radius 2 is 2.00 bits per heavy atom. The summed E-state index contributed by atoms with van der Waals surface area (Å²) < 4.78 is 20.9. The minimum atomic E-state index is -0.334. The zero-order valence-electron chi connectivity index (χ0n) is 16.2. The highest BCUT2D eigenvalue weighted by molar-refractivity contribution is 5.95. The van der Waals surface area contributed by atoms with Crippen molar-refractivity contribution in [3.05, 3.63) is 71.3 Å². The molecule has 0 radical (unpaired) electrons. The lowest BCUT2D eigenvalue weighted by Gasteiger charge is -2.23. The van der Waals surface area contributed by atoms with Gasteiger partial charge in [-0.3, -0.25) is 9.48 Å². The molecule has 3 aromatic rings. The molecule has 0 fully saturated rings. The number of methoxy groups -OCH3 is 1. The number of aromatic nitrogens is 3. The first-order chi connectivity index (χ1) is 13.5. The van der Waals surface area contributed by atoms with Crippen molar-refractivity contribution in [2.45, 2.75) is 13.5 Å². The number of carbonyl (C=O) groups excluding carboxylic acids is 1. The predicted molar refractivity (Wildman–Crippen MR) is 104 cm³/mol. The van der Waals surface area contributed by atoms with Crippen LogP contribution in [0.4, 0.5) is 4.39 Å². The van der Waals surface area contributed by atoms with Crippen LogP contribution in [0.1, 0.15) is 21.7 Å². The molecule has 0 aliphatic carbocycles. The van der Waals surface area contributed by atoms with E-state index in [0.29, 0.717) is 30.1 Å². The highest BCUT2D eigenvalue weighted by Gasteiger charge is 2.19. The number of hydrogen-bond acceptors (Lipinski definition) is 4. The van der Waals surface area contributed by atoms with Crippen LogP contribution in [0.5, 0.6) is 0 Å². The van der Waals surface area contributed by atoms with Crippen molar-refractivity contribution in [2.75, 3.05) is 20.3 Å². The molecule has 0 saturated carbocycles. The van der Waals surface area contributed by atoms with Crippen molar-refractivity contribution in [1.29, 1.82) is 0 Å². The normalized spacial score (nSPS) is 10.9. The van der Waals surface area contributed by atoms with Gasteiger partial charge in [-0.2, -0.15) is 5.10 Å². The molecule has 7 heteroatoms. The second-order valence-corrected chi connectivity index (χ2v) is 6.50. The molecular formula is C21H23FN4O2. The molecule has 0 aliphatic heterocycles. The monoisotopic (exact) mass is 382 g/mol. The third kappa shape index (κ3) is 4.43. The lowest BCUT2D eigenvalue weighted by Crippen LogP contribution is -2.33. The van der Waals surface area contributed by atoms with E-state index in [0.717, 1.165) is 11.4 Å². The lowest BCUT2D eigenvalue weighted by atomic mass is 10.1. The van der Waals surface area contributed by atoms with E-state index in [1.54, 1.807) is 53.1 Å². The summed E-state index contributed by atoms with van der Waals surface area (Å²) in [5, 5.41) is 4.37. The number of carbonyl (C=O) groups is 1. The van der Waals surface area contributed by atoms with Gasteiger partial charge in [0, 0.05) is 43.9 Å². The quantitative estimate of drug-likeness (QED) is 0.630. The Hall–Kier alpha value is -3.06. The Bertz CT molecular complexity index is 951. The first kappa shape index (κ1) is 19.7. The second-order valence-electron chi connectivity index (χ2n) is 6.50. The molecule has 0 unspecified atom stereocenters. The van der Waals surface area contributed by atoms with Gasteiger partial charge in [0.2, 0.25) is 0 Å². The molecule has 0 spiro atoms. The molecule has 3 rings (SSSR count). The van der Waals surface area contributed by atoms with Crippen LogP contribution < -0.4 is 0 Å². The molecule has 146 valence electrons. The van der Waals surface area contributed by atoms with E-state index in [2.05, 4.69) is 10.1 Å². The highest BCUT2D eigenvalue weighted by Crippen LogP contribution is 2.19. The lowest BCUT2D eigenvalue weighted by molar-refractivity contribution is 0.0678. The third-order valence-electron chi connectivity index (χ3n) is 4.52. The molecule has 0 atom stereocenters. The summed E-state index contributed by atoms with van der Waals surface area (Å²) in [6.07, 6.45) is 0. The van der Waals surface area contributed by atoms with Crippen molar-refractivity contribution in [3.8, 4) is 11.4 Å². The Morgan fingerprint density at radius 1 is 1.21 bits per heavy atom. The van der Waals surface area contributed by atoms with E-state index in [4.69, 9.17) is 4.74 Å². The van der Waals surface area contributed by atoms with Gasteiger partial charge >= 0.3 is 0 Å². The highest BCUT2D eigenvalue weighted by atomic mass is 19.1. The molecule has 6 nitrogen and oxygen atoms in total. The molecule has 28 heavy (non-hydrogen) atoms. The molecule has 0 aliphatic rings. The first-order valence-corrected chi connectivity index (χ1v) is 8.99. The van der Waals surface area contributed by atoms with Gasteiger partial charge in [-0.15, -0.1) is 0 Å². The minimum Gasteiger partial charge on any atom is -0.383 e. The Balaban J connectivity index is 1.88. The van der Waals surface area contributed by atoms with Crippen molar-refractivity contribution >= 4 is 5.91 Å². The number of hydrogen-bond donors (Lipinski definition) is 0. The summed E-state index contributed by atoms with van der Waals surface area (Å²) in [5.74, 6) is 0.814. The molecule has 2 aromatic carbocycles. The summed E-state index contributed by atoms with van der Waals surface area (Å²) in [7, 11) is 3.39. The summed E-state index contributed by atoms with van der Waals surface area (Å²) in [5.41, 5.74) is 1.72. The molecule has 0 N–H and O–H groups in total. The van der Waals surface area contributed by atoms with Gasteiger partial charge in [-0.05, 0) is 25.1 Å². The van der Waals surface area contributed by atoms with Crippen LogP contribution in [-0.2, 0) is 18.3 Å². The molecule has 1 heterocycles. The number of benzene rings is 2. The maximum absolute atomic E-state index is 14.1. The predicted octanol–water partition coefficient (Wildman–Crippen LogP) is 3.22. The zero-order valence-corrected chi connectivity index (χ0v) is 16.2. The number of nitrogens with zero attached hydrogens (tertiary/aromatic N) is 4. The van der Waals surface area contributed by atoms with Gasteiger partial charge < -0.3 is 9.64 Å². The Morgan fingerprint density at radius 3 is 2.68 bits per heavy atom. The fourth-order valence-corrected chi connectivity index (χ4v) is 2.84. The van der Waals surface area contributed by atoms with E-state index in [1.165, 1.54) is 6.07 Å². The average Bonchev–Trinajstić information content (AvgIpc) is 3.05. The SMILES string of the molecule is COCCN(Cc1ccccc1F)C(=O)c1cccc(-c2nc(C)n(C)n2)c1. The summed E-state index contributed by atoms with van der Waals surface area (Å²) >= 11 is 0. The largest absolute Gasteiger partial charge is 0.383 e. The van der Waals surface area contributed by atoms with Crippen molar-refractivity contribution in [3.63, 3.8) is 0 Å². The van der Waals surface area contributed by atoms with Gasteiger partial charge in [-0.25, -0.2) is 9.37 Å². The fourth-order valence-electron chi connectivity index (χ4n) is 2.84. The van der Waals surface area contributed by atoms with Crippen LogP contribution in [-0.4, -0.2) is 45.8 Å². The van der Waals surface area contributed by atoms with Gasteiger partial charge in [0.15, 0.2) is 5.82 Å². The van der Waals surface area contributed by atoms with E-state index < -0.39 is 0 Å².